The van der Waals surface area contributed by atoms with Crippen LogP contribution in [0.2, 0.25) is 0 Å². The van der Waals surface area contributed by atoms with E-state index in [1.807, 2.05) is 20.8 Å². The Bertz CT molecular complexity index is 563. The molecule has 1 atom stereocenters. The lowest BCUT2D eigenvalue weighted by atomic mass is 10.1. The van der Waals surface area contributed by atoms with E-state index in [0.29, 0.717) is 12.1 Å². The SMILES string of the molecule is Cc1noc(C)c1CNC(C)c1cc(Br)ccc1F. The normalized spacial score (nSPS) is 12.7. The van der Waals surface area contributed by atoms with Gasteiger partial charge in [-0.05, 0) is 39.0 Å². The lowest BCUT2D eigenvalue weighted by Gasteiger charge is -2.15. The number of rotatable bonds is 4. The van der Waals surface area contributed by atoms with Crippen molar-refractivity contribution < 1.29 is 8.91 Å². The first kappa shape index (κ1) is 14.2. The summed E-state index contributed by atoms with van der Waals surface area (Å²) in [5, 5.41) is 7.19. The highest BCUT2D eigenvalue weighted by atomic mass is 79.9. The summed E-state index contributed by atoms with van der Waals surface area (Å²) in [6, 6.07) is 4.86. The lowest BCUT2D eigenvalue weighted by molar-refractivity contribution is 0.391. The number of nitrogens with one attached hydrogen (secondary N) is 1. The molecule has 1 N–H and O–H groups in total. The summed E-state index contributed by atoms with van der Waals surface area (Å²) in [6.07, 6.45) is 0. The van der Waals surface area contributed by atoms with Crippen LogP contribution in [0.4, 0.5) is 4.39 Å². The first-order valence-corrected chi connectivity index (χ1v) is 6.88. The molecule has 19 heavy (non-hydrogen) atoms. The molecule has 0 radical (unpaired) electrons. The molecule has 0 saturated heterocycles. The van der Waals surface area contributed by atoms with Crippen molar-refractivity contribution in [2.24, 2.45) is 0 Å². The van der Waals surface area contributed by atoms with Crippen LogP contribution in [0.25, 0.3) is 0 Å². The number of hydrogen-bond donors (Lipinski definition) is 1. The zero-order valence-corrected chi connectivity index (χ0v) is 12.7. The Kier molecular flexibility index (Phi) is 4.37. The highest BCUT2D eigenvalue weighted by Crippen LogP contribution is 2.22. The van der Waals surface area contributed by atoms with E-state index in [-0.39, 0.29) is 11.9 Å². The largest absolute Gasteiger partial charge is 0.361 e. The Balaban J connectivity index is 2.09. The molecule has 1 heterocycles. The van der Waals surface area contributed by atoms with Crippen LogP contribution in [-0.4, -0.2) is 5.16 Å². The van der Waals surface area contributed by atoms with Crippen LogP contribution in [0.1, 0.15) is 35.5 Å². The van der Waals surface area contributed by atoms with Gasteiger partial charge in [0.05, 0.1) is 5.69 Å². The van der Waals surface area contributed by atoms with E-state index in [2.05, 4.69) is 26.4 Å². The van der Waals surface area contributed by atoms with E-state index in [4.69, 9.17) is 4.52 Å². The van der Waals surface area contributed by atoms with Crippen LogP contribution in [0.5, 0.6) is 0 Å². The second kappa shape index (κ2) is 5.84. The second-order valence-corrected chi connectivity index (χ2v) is 5.49. The van der Waals surface area contributed by atoms with Crippen molar-refractivity contribution in [3.63, 3.8) is 0 Å². The maximum absolute atomic E-state index is 13.8. The molecular formula is C14H16BrFN2O. The predicted molar refractivity (Wildman–Crippen MR) is 75.3 cm³/mol. The molecule has 0 amide bonds. The van der Waals surface area contributed by atoms with Gasteiger partial charge in [0.2, 0.25) is 0 Å². The molecule has 0 fully saturated rings. The zero-order chi connectivity index (χ0) is 14.0. The molecule has 0 aliphatic rings. The molecule has 2 rings (SSSR count). The number of halogens is 2. The van der Waals surface area contributed by atoms with Gasteiger partial charge in [-0.2, -0.15) is 0 Å². The summed E-state index contributed by atoms with van der Waals surface area (Å²) in [6.45, 7) is 6.32. The Morgan fingerprint density at radius 2 is 2.16 bits per heavy atom. The predicted octanol–water partition coefficient (Wildman–Crippen LogP) is 4.04. The topological polar surface area (TPSA) is 38.1 Å². The van der Waals surface area contributed by atoms with Crippen molar-refractivity contribution in [3.05, 3.63) is 51.1 Å². The monoisotopic (exact) mass is 326 g/mol. The standard InChI is InChI=1S/C14H16BrFN2O/c1-8(12-6-11(15)4-5-14(12)16)17-7-13-9(2)18-19-10(13)3/h4-6,8,17H,7H2,1-3H3. The van der Waals surface area contributed by atoms with Gasteiger partial charge in [0.15, 0.2) is 0 Å². The van der Waals surface area contributed by atoms with Crippen LogP contribution >= 0.6 is 15.9 Å². The summed E-state index contributed by atoms with van der Waals surface area (Å²) in [7, 11) is 0. The van der Waals surface area contributed by atoms with Gasteiger partial charge in [-0.3, -0.25) is 0 Å². The fourth-order valence-electron chi connectivity index (χ4n) is 1.97. The van der Waals surface area contributed by atoms with Crippen LogP contribution in [-0.2, 0) is 6.54 Å². The van der Waals surface area contributed by atoms with Gasteiger partial charge in [0, 0.05) is 28.2 Å². The fraction of sp³-hybridized carbons (Fsp3) is 0.357. The van der Waals surface area contributed by atoms with Crippen LogP contribution < -0.4 is 5.32 Å². The van der Waals surface area contributed by atoms with E-state index < -0.39 is 0 Å². The van der Waals surface area contributed by atoms with Crippen molar-refractivity contribution in [3.8, 4) is 0 Å². The second-order valence-electron chi connectivity index (χ2n) is 4.57. The minimum Gasteiger partial charge on any atom is -0.361 e. The Hall–Kier alpha value is -1.20. The number of aryl methyl sites for hydroxylation is 2. The Labute approximate surface area is 120 Å². The van der Waals surface area contributed by atoms with Gasteiger partial charge in [-0.15, -0.1) is 0 Å². The van der Waals surface area contributed by atoms with Gasteiger partial charge in [-0.25, -0.2) is 4.39 Å². The van der Waals surface area contributed by atoms with Crippen molar-refractivity contribution in [2.75, 3.05) is 0 Å². The molecule has 0 saturated carbocycles. The van der Waals surface area contributed by atoms with Gasteiger partial charge < -0.3 is 9.84 Å². The van der Waals surface area contributed by atoms with E-state index in [1.165, 1.54) is 6.07 Å². The molecule has 5 heteroatoms. The smallest absolute Gasteiger partial charge is 0.138 e. The van der Waals surface area contributed by atoms with Gasteiger partial charge in [0.25, 0.3) is 0 Å². The number of aromatic nitrogens is 1. The minimum atomic E-state index is -0.207. The number of benzene rings is 1. The maximum atomic E-state index is 13.8. The van der Waals surface area contributed by atoms with E-state index in [1.54, 1.807) is 12.1 Å². The molecule has 2 aromatic rings. The molecular weight excluding hydrogens is 311 g/mol. The summed E-state index contributed by atoms with van der Waals surface area (Å²) in [4.78, 5) is 0. The summed E-state index contributed by atoms with van der Waals surface area (Å²) in [5.41, 5.74) is 2.54. The van der Waals surface area contributed by atoms with E-state index in [9.17, 15) is 4.39 Å². The van der Waals surface area contributed by atoms with E-state index in [0.717, 1.165) is 21.5 Å². The Morgan fingerprint density at radius 1 is 1.42 bits per heavy atom. The number of nitrogens with zero attached hydrogens (tertiary/aromatic N) is 1. The zero-order valence-electron chi connectivity index (χ0n) is 11.1. The average molecular weight is 327 g/mol. The van der Waals surface area contributed by atoms with Gasteiger partial charge in [0.1, 0.15) is 11.6 Å². The highest BCUT2D eigenvalue weighted by molar-refractivity contribution is 9.10. The fourth-order valence-corrected chi connectivity index (χ4v) is 2.34. The first-order valence-electron chi connectivity index (χ1n) is 6.09. The summed E-state index contributed by atoms with van der Waals surface area (Å²) < 4.78 is 19.7. The minimum absolute atomic E-state index is 0.0915. The lowest BCUT2D eigenvalue weighted by Crippen LogP contribution is -2.19. The van der Waals surface area contributed by atoms with Crippen molar-refractivity contribution in [2.45, 2.75) is 33.4 Å². The van der Waals surface area contributed by atoms with Crippen LogP contribution in [0, 0.1) is 19.7 Å². The maximum Gasteiger partial charge on any atom is 0.138 e. The molecule has 0 aliphatic carbocycles. The first-order chi connectivity index (χ1) is 8.99. The molecule has 1 aromatic carbocycles. The van der Waals surface area contributed by atoms with Crippen LogP contribution in [0.15, 0.2) is 27.2 Å². The average Bonchev–Trinajstić information content (AvgIpc) is 2.69. The van der Waals surface area contributed by atoms with Crippen LogP contribution in [0.3, 0.4) is 0 Å². The molecule has 0 spiro atoms. The molecule has 1 aromatic heterocycles. The molecule has 102 valence electrons. The van der Waals surface area contributed by atoms with Gasteiger partial charge >= 0.3 is 0 Å². The van der Waals surface area contributed by atoms with Crippen molar-refractivity contribution in [1.82, 2.24) is 10.5 Å². The third-order valence-corrected chi connectivity index (χ3v) is 3.68. The summed E-state index contributed by atoms with van der Waals surface area (Å²) >= 11 is 3.36. The van der Waals surface area contributed by atoms with Crippen molar-refractivity contribution >= 4 is 15.9 Å². The molecule has 1 unspecified atom stereocenters. The Morgan fingerprint density at radius 3 is 2.79 bits per heavy atom. The quantitative estimate of drug-likeness (QED) is 0.921. The van der Waals surface area contributed by atoms with E-state index >= 15 is 0 Å². The third kappa shape index (κ3) is 3.22. The van der Waals surface area contributed by atoms with Gasteiger partial charge in [-0.1, -0.05) is 21.1 Å². The van der Waals surface area contributed by atoms with Crippen molar-refractivity contribution in [1.29, 1.82) is 0 Å². The molecule has 3 nitrogen and oxygen atoms in total. The third-order valence-electron chi connectivity index (χ3n) is 3.19. The molecule has 0 aliphatic heterocycles. The molecule has 0 bridgehead atoms. The highest BCUT2D eigenvalue weighted by Gasteiger charge is 2.14. The number of hydrogen-bond acceptors (Lipinski definition) is 3. The summed E-state index contributed by atoms with van der Waals surface area (Å²) in [5.74, 6) is 0.592.